The Balaban J connectivity index is 1.61. The van der Waals surface area contributed by atoms with Crippen LogP contribution < -0.4 is 4.74 Å². The molecule has 3 nitrogen and oxygen atoms in total. The number of hydrogen-bond donors (Lipinski definition) is 0. The van der Waals surface area contributed by atoms with E-state index in [0.717, 1.165) is 53.3 Å². The van der Waals surface area contributed by atoms with Crippen LogP contribution in [0.5, 0.6) is 5.75 Å². The molecule has 2 aromatic carbocycles. The van der Waals surface area contributed by atoms with Crippen molar-refractivity contribution in [1.29, 1.82) is 0 Å². The molecule has 3 rings (SSSR count). The number of benzene rings is 2. The van der Waals surface area contributed by atoms with Crippen molar-refractivity contribution in [1.82, 2.24) is 9.97 Å². The predicted molar refractivity (Wildman–Crippen MR) is 130 cm³/mol. The molecule has 1 aromatic heterocycles. The minimum Gasteiger partial charge on any atom is -0.493 e. The highest BCUT2D eigenvalue weighted by atomic mass is 16.5. The van der Waals surface area contributed by atoms with Crippen LogP contribution in [0.2, 0.25) is 0 Å². The van der Waals surface area contributed by atoms with Gasteiger partial charge in [0.15, 0.2) is 0 Å². The van der Waals surface area contributed by atoms with Gasteiger partial charge in [0.2, 0.25) is 0 Å². The average Bonchev–Trinajstić information content (AvgIpc) is 2.83. The maximum atomic E-state index is 6.05. The number of para-hydroxylation sites is 1. The van der Waals surface area contributed by atoms with Crippen molar-refractivity contribution in [3.63, 3.8) is 0 Å². The quantitative estimate of drug-likeness (QED) is 0.266. The minimum absolute atomic E-state index is 0.767. The predicted octanol–water partition coefficient (Wildman–Crippen LogP) is 7.89. The lowest BCUT2D eigenvalue weighted by atomic mass is 10.0. The summed E-state index contributed by atoms with van der Waals surface area (Å²) in [4.78, 5) is 9.29. The largest absolute Gasteiger partial charge is 0.493 e. The first kappa shape index (κ1) is 23.0. The molecule has 0 amide bonds. The number of hydrogen-bond acceptors (Lipinski definition) is 3. The lowest BCUT2D eigenvalue weighted by Gasteiger charge is -2.12. The molecule has 164 valence electrons. The van der Waals surface area contributed by atoms with Crippen LogP contribution in [0.1, 0.15) is 70.9 Å². The molecule has 31 heavy (non-hydrogen) atoms. The number of rotatable bonds is 13. The Morgan fingerprint density at radius 3 is 2.13 bits per heavy atom. The van der Waals surface area contributed by atoms with Gasteiger partial charge in [-0.25, -0.2) is 0 Å². The number of aromatic nitrogens is 2. The standard InChI is InChI=1S/C28H36N2O/c1-3-5-7-8-9-13-25-21-30-27(22-29-25)24-18-16-23(17-19-24)26-14-10-11-15-28(26)31-20-12-6-4-2/h10-11,14-19,21-22H,3-9,12-13,20H2,1-2H3. The summed E-state index contributed by atoms with van der Waals surface area (Å²) in [5.41, 5.74) is 5.39. The molecule has 0 radical (unpaired) electrons. The molecule has 3 aromatic rings. The zero-order chi connectivity index (χ0) is 21.7. The summed E-state index contributed by atoms with van der Waals surface area (Å²) in [6.07, 6.45) is 14.8. The summed E-state index contributed by atoms with van der Waals surface area (Å²) in [6, 6.07) is 16.8. The van der Waals surface area contributed by atoms with Crippen LogP contribution in [0.15, 0.2) is 60.9 Å². The summed E-state index contributed by atoms with van der Waals surface area (Å²) in [6.45, 7) is 5.23. The second-order valence-corrected chi connectivity index (χ2v) is 8.19. The van der Waals surface area contributed by atoms with Gasteiger partial charge in [-0.1, -0.05) is 94.8 Å². The maximum absolute atomic E-state index is 6.05. The first-order chi connectivity index (χ1) is 15.3. The van der Waals surface area contributed by atoms with E-state index in [4.69, 9.17) is 4.74 Å². The van der Waals surface area contributed by atoms with Gasteiger partial charge in [-0.3, -0.25) is 9.97 Å². The van der Waals surface area contributed by atoms with E-state index in [1.165, 1.54) is 44.9 Å². The van der Waals surface area contributed by atoms with Crippen LogP contribution in [0.25, 0.3) is 22.4 Å². The van der Waals surface area contributed by atoms with Crippen molar-refractivity contribution < 1.29 is 4.74 Å². The molecular weight excluding hydrogens is 380 g/mol. The first-order valence-electron chi connectivity index (χ1n) is 12.0. The van der Waals surface area contributed by atoms with Crippen LogP contribution in [0, 0.1) is 0 Å². The topological polar surface area (TPSA) is 35.0 Å². The minimum atomic E-state index is 0.767. The highest BCUT2D eigenvalue weighted by Gasteiger charge is 2.07. The zero-order valence-corrected chi connectivity index (χ0v) is 19.1. The molecule has 0 aliphatic heterocycles. The van der Waals surface area contributed by atoms with Gasteiger partial charge in [0.05, 0.1) is 24.2 Å². The fraction of sp³-hybridized carbons (Fsp3) is 0.429. The molecule has 0 fully saturated rings. The monoisotopic (exact) mass is 416 g/mol. The van der Waals surface area contributed by atoms with Gasteiger partial charge >= 0.3 is 0 Å². The lowest BCUT2D eigenvalue weighted by Crippen LogP contribution is -1.98. The maximum Gasteiger partial charge on any atom is 0.127 e. The van der Waals surface area contributed by atoms with E-state index in [2.05, 4.69) is 66.3 Å². The Kier molecular flexibility index (Phi) is 9.56. The molecule has 0 N–H and O–H groups in total. The summed E-state index contributed by atoms with van der Waals surface area (Å²) in [5, 5.41) is 0. The average molecular weight is 417 g/mol. The number of unbranched alkanes of at least 4 members (excludes halogenated alkanes) is 6. The van der Waals surface area contributed by atoms with Crippen LogP contribution in [0.4, 0.5) is 0 Å². The van der Waals surface area contributed by atoms with Gasteiger partial charge in [0, 0.05) is 17.3 Å². The third-order valence-corrected chi connectivity index (χ3v) is 5.63. The molecule has 0 atom stereocenters. The third-order valence-electron chi connectivity index (χ3n) is 5.63. The van der Waals surface area contributed by atoms with Crippen molar-refractivity contribution in [2.24, 2.45) is 0 Å². The summed E-state index contributed by atoms with van der Waals surface area (Å²) in [5.74, 6) is 0.953. The lowest BCUT2D eigenvalue weighted by molar-refractivity contribution is 0.307. The normalized spacial score (nSPS) is 10.9. The zero-order valence-electron chi connectivity index (χ0n) is 19.1. The second-order valence-electron chi connectivity index (χ2n) is 8.19. The highest BCUT2D eigenvalue weighted by molar-refractivity contribution is 5.73. The van der Waals surface area contributed by atoms with Crippen molar-refractivity contribution in [3.8, 4) is 28.1 Å². The first-order valence-corrected chi connectivity index (χ1v) is 12.0. The van der Waals surface area contributed by atoms with Crippen molar-refractivity contribution in [3.05, 3.63) is 66.6 Å². The van der Waals surface area contributed by atoms with E-state index >= 15 is 0 Å². The van der Waals surface area contributed by atoms with Crippen LogP contribution in [0.3, 0.4) is 0 Å². The Labute approximate surface area is 187 Å². The van der Waals surface area contributed by atoms with Crippen molar-refractivity contribution >= 4 is 0 Å². The molecule has 0 spiro atoms. The van der Waals surface area contributed by atoms with Gasteiger partial charge in [0.25, 0.3) is 0 Å². The van der Waals surface area contributed by atoms with Gasteiger partial charge in [-0.15, -0.1) is 0 Å². The number of aryl methyl sites for hydroxylation is 1. The van der Waals surface area contributed by atoms with Gasteiger partial charge < -0.3 is 4.74 Å². The molecule has 0 aliphatic rings. The number of nitrogens with zero attached hydrogens (tertiary/aromatic N) is 2. The Morgan fingerprint density at radius 2 is 1.39 bits per heavy atom. The molecular formula is C28H36N2O. The second kappa shape index (κ2) is 12.9. The fourth-order valence-electron chi connectivity index (χ4n) is 3.73. The molecule has 1 heterocycles. The smallest absolute Gasteiger partial charge is 0.127 e. The molecule has 0 aliphatic carbocycles. The molecule has 3 heteroatoms. The fourth-order valence-corrected chi connectivity index (χ4v) is 3.73. The van der Waals surface area contributed by atoms with E-state index < -0.39 is 0 Å². The summed E-state index contributed by atoms with van der Waals surface area (Å²) in [7, 11) is 0. The van der Waals surface area contributed by atoms with Crippen molar-refractivity contribution in [2.45, 2.75) is 71.6 Å². The Morgan fingerprint density at radius 1 is 0.677 bits per heavy atom. The Bertz CT molecular complexity index is 888. The number of ether oxygens (including phenoxy) is 1. The van der Waals surface area contributed by atoms with Gasteiger partial charge in [0.1, 0.15) is 5.75 Å². The molecule has 0 saturated carbocycles. The molecule has 0 bridgehead atoms. The van der Waals surface area contributed by atoms with E-state index in [0.29, 0.717) is 0 Å². The molecule has 0 saturated heterocycles. The van der Waals surface area contributed by atoms with E-state index in [1.54, 1.807) is 0 Å². The SMILES string of the molecule is CCCCCCCc1cnc(-c2ccc(-c3ccccc3OCCCCC)cc2)cn1. The van der Waals surface area contributed by atoms with Crippen LogP contribution >= 0.6 is 0 Å². The van der Waals surface area contributed by atoms with Crippen LogP contribution in [-0.4, -0.2) is 16.6 Å². The Hall–Kier alpha value is -2.68. The van der Waals surface area contributed by atoms with E-state index in [9.17, 15) is 0 Å². The summed E-state index contributed by atoms with van der Waals surface area (Å²) >= 11 is 0. The third kappa shape index (κ3) is 7.20. The summed E-state index contributed by atoms with van der Waals surface area (Å²) < 4.78 is 6.05. The highest BCUT2D eigenvalue weighted by Crippen LogP contribution is 2.31. The van der Waals surface area contributed by atoms with Gasteiger partial charge in [-0.05, 0) is 30.9 Å². The van der Waals surface area contributed by atoms with E-state index in [-0.39, 0.29) is 0 Å². The van der Waals surface area contributed by atoms with E-state index in [1.807, 2.05) is 18.5 Å². The van der Waals surface area contributed by atoms with Gasteiger partial charge in [-0.2, -0.15) is 0 Å². The molecule has 0 unspecified atom stereocenters. The van der Waals surface area contributed by atoms with Crippen molar-refractivity contribution in [2.75, 3.05) is 6.61 Å². The van der Waals surface area contributed by atoms with Crippen LogP contribution in [-0.2, 0) is 6.42 Å².